The van der Waals surface area contributed by atoms with E-state index in [0.717, 1.165) is 19.0 Å². The largest absolute Gasteiger partial charge is 0.395 e. The highest BCUT2D eigenvalue weighted by Crippen LogP contribution is 2.13. The smallest absolute Gasteiger partial charge is 0.191 e. The third-order valence-electron chi connectivity index (χ3n) is 3.80. The van der Waals surface area contributed by atoms with Crippen LogP contribution in [-0.2, 0) is 13.1 Å². The first-order chi connectivity index (χ1) is 10.8. The molecule has 1 aliphatic heterocycles. The lowest BCUT2D eigenvalue weighted by atomic mass is 10.1. The fourth-order valence-corrected chi connectivity index (χ4v) is 2.64. The molecule has 0 spiro atoms. The number of rotatable bonds is 7. The van der Waals surface area contributed by atoms with Crippen molar-refractivity contribution in [3.63, 3.8) is 0 Å². The zero-order valence-electron chi connectivity index (χ0n) is 13.9. The number of aliphatic hydroxyl groups excluding tert-OH is 1. The van der Waals surface area contributed by atoms with Gasteiger partial charge in [-0.05, 0) is 44.0 Å². The molecule has 2 rings (SSSR count). The summed E-state index contributed by atoms with van der Waals surface area (Å²) in [6, 6.07) is 8.73. The third-order valence-corrected chi connectivity index (χ3v) is 3.80. The Kier molecular flexibility index (Phi) is 10.2. The predicted molar refractivity (Wildman–Crippen MR) is 106 cm³/mol. The molecule has 1 aliphatic rings. The van der Waals surface area contributed by atoms with Gasteiger partial charge in [0.2, 0.25) is 0 Å². The molecular weight excluding hydrogens is 403 g/mol. The first kappa shape index (κ1) is 20.2. The fraction of sp³-hybridized carbons (Fsp3) is 0.588. The van der Waals surface area contributed by atoms with Crippen LogP contribution in [0.4, 0.5) is 0 Å². The number of aliphatic hydroxyl groups is 1. The Morgan fingerprint density at radius 3 is 2.39 bits per heavy atom. The van der Waals surface area contributed by atoms with Gasteiger partial charge in [0, 0.05) is 19.6 Å². The summed E-state index contributed by atoms with van der Waals surface area (Å²) in [7, 11) is 0. The molecule has 23 heavy (non-hydrogen) atoms. The maximum absolute atomic E-state index is 8.87. The molecular formula is C17H29IN4O. The van der Waals surface area contributed by atoms with E-state index in [4.69, 9.17) is 5.11 Å². The Bertz CT molecular complexity index is 458. The Balaban J connectivity index is 0.00000264. The number of likely N-dealkylation sites (tertiary alicyclic amines) is 1. The van der Waals surface area contributed by atoms with Crippen molar-refractivity contribution in [2.45, 2.75) is 32.9 Å². The quantitative estimate of drug-likeness (QED) is 0.350. The Morgan fingerprint density at radius 1 is 1.13 bits per heavy atom. The summed E-state index contributed by atoms with van der Waals surface area (Å²) in [5.41, 5.74) is 2.58. The van der Waals surface area contributed by atoms with Crippen molar-refractivity contribution < 1.29 is 5.11 Å². The second kappa shape index (κ2) is 11.6. The van der Waals surface area contributed by atoms with Crippen LogP contribution < -0.4 is 10.6 Å². The van der Waals surface area contributed by atoms with Crippen molar-refractivity contribution in [3.8, 4) is 0 Å². The predicted octanol–water partition coefficient (Wildman–Crippen LogP) is 1.95. The van der Waals surface area contributed by atoms with Crippen LogP contribution in [0.25, 0.3) is 0 Å². The van der Waals surface area contributed by atoms with Crippen LogP contribution in [0.15, 0.2) is 29.3 Å². The lowest BCUT2D eigenvalue weighted by Crippen LogP contribution is -2.38. The number of halogens is 1. The van der Waals surface area contributed by atoms with E-state index in [2.05, 4.69) is 44.8 Å². The van der Waals surface area contributed by atoms with Gasteiger partial charge in [0.15, 0.2) is 5.96 Å². The summed E-state index contributed by atoms with van der Waals surface area (Å²) in [4.78, 5) is 7.04. The molecule has 1 aromatic carbocycles. The number of nitrogens with one attached hydrogen (secondary N) is 2. The second-order valence-corrected chi connectivity index (χ2v) is 5.65. The zero-order chi connectivity index (χ0) is 15.6. The van der Waals surface area contributed by atoms with E-state index in [9.17, 15) is 0 Å². The molecule has 6 heteroatoms. The first-order valence-electron chi connectivity index (χ1n) is 8.25. The van der Waals surface area contributed by atoms with Gasteiger partial charge in [-0.2, -0.15) is 0 Å². The minimum absolute atomic E-state index is 0. The molecule has 130 valence electrons. The summed E-state index contributed by atoms with van der Waals surface area (Å²) >= 11 is 0. The van der Waals surface area contributed by atoms with Crippen molar-refractivity contribution in [1.29, 1.82) is 0 Å². The number of guanidine groups is 1. The molecule has 0 atom stereocenters. The fourth-order valence-electron chi connectivity index (χ4n) is 2.64. The van der Waals surface area contributed by atoms with Crippen LogP contribution in [0.3, 0.4) is 0 Å². The Morgan fingerprint density at radius 2 is 1.78 bits per heavy atom. The number of nitrogens with zero attached hydrogens (tertiary/aromatic N) is 2. The van der Waals surface area contributed by atoms with Crippen molar-refractivity contribution >= 4 is 29.9 Å². The molecule has 0 bridgehead atoms. The number of aliphatic imine (C=N–C) groups is 1. The number of benzene rings is 1. The summed E-state index contributed by atoms with van der Waals surface area (Å²) in [6.07, 6.45) is 2.67. The van der Waals surface area contributed by atoms with Crippen LogP contribution in [0, 0.1) is 0 Å². The van der Waals surface area contributed by atoms with E-state index in [1.807, 2.05) is 6.92 Å². The highest BCUT2D eigenvalue weighted by molar-refractivity contribution is 14.0. The summed E-state index contributed by atoms with van der Waals surface area (Å²) < 4.78 is 0. The highest BCUT2D eigenvalue weighted by atomic mass is 127. The summed E-state index contributed by atoms with van der Waals surface area (Å²) in [5.74, 6) is 0.748. The van der Waals surface area contributed by atoms with Gasteiger partial charge in [0.25, 0.3) is 0 Å². The maximum atomic E-state index is 8.87. The number of hydrogen-bond donors (Lipinski definition) is 3. The molecule has 1 saturated heterocycles. The topological polar surface area (TPSA) is 59.9 Å². The molecule has 0 saturated carbocycles. The van der Waals surface area contributed by atoms with Crippen LogP contribution >= 0.6 is 24.0 Å². The van der Waals surface area contributed by atoms with E-state index >= 15 is 0 Å². The van der Waals surface area contributed by atoms with E-state index < -0.39 is 0 Å². The Labute approximate surface area is 156 Å². The van der Waals surface area contributed by atoms with Crippen LogP contribution in [-0.4, -0.2) is 48.8 Å². The van der Waals surface area contributed by atoms with E-state index in [1.54, 1.807) is 0 Å². The minimum atomic E-state index is 0. The van der Waals surface area contributed by atoms with Crippen molar-refractivity contribution in [2.75, 3.05) is 32.8 Å². The third kappa shape index (κ3) is 7.50. The molecule has 3 N–H and O–H groups in total. The molecule has 1 aromatic rings. The van der Waals surface area contributed by atoms with Crippen molar-refractivity contribution in [2.24, 2.45) is 4.99 Å². The Hall–Kier alpha value is -0.860. The molecule has 1 fully saturated rings. The van der Waals surface area contributed by atoms with Gasteiger partial charge in [0.05, 0.1) is 13.2 Å². The standard InChI is InChI=1S/C17H28N4O.HI/c1-2-18-17(19-9-12-22)20-13-15-5-7-16(8-6-15)14-21-10-3-4-11-21;/h5-8,22H,2-4,9-14H2,1H3,(H2,18,19,20);1H. The average Bonchev–Trinajstić information content (AvgIpc) is 3.04. The van der Waals surface area contributed by atoms with Gasteiger partial charge < -0.3 is 15.7 Å². The molecule has 0 unspecified atom stereocenters. The molecule has 0 radical (unpaired) electrons. The van der Waals surface area contributed by atoms with Gasteiger partial charge in [-0.1, -0.05) is 24.3 Å². The van der Waals surface area contributed by atoms with Gasteiger partial charge in [-0.25, -0.2) is 4.99 Å². The van der Waals surface area contributed by atoms with Gasteiger partial charge >= 0.3 is 0 Å². The lowest BCUT2D eigenvalue weighted by molar-refractivity contribution is 0.300. The minimum Gasteiger partial charge on any atom is -0.395 e. The zero-order valence-corrected chi connectivity index (χ0v) is 16.3. The second-order valence-electron chi connectivity index (χ2n) is 5.65. The normalized spacial score (nSPS) is 15.3. The highest BCUT2D eigenvalue weighted by Gasteiger charge is 2.11. The molecule has 0 aliphatic carbocycles. The number of hydrogen-bond acceptors (Lipinski definition) is 3. The van der Waals surface area contributed by atoms with Crippen molar-refractivity contribution in [1.82, 2.24) is 15.5 Å². The van der Waals surface area contributed by atoms with E-state index in [1.165, 1.54) is 37.1 Å². The maximum Gasteiger partial charge on any atom is 0.191 e. The molecule has 5 nitrogen and oxygen atoms in total. The van der Waals surface area contributed by atoms with Gasteiger partial charge in [0.1, 0.15) is 0 Å². The molecule has 1 heterocycles. The molecule has 0 amide bonds. The van der Waals surface area contributed by atoms with Crippen LogP contribution in [0.5, 0.6) is 0 Å². The van der Waals surface area contributed by atoms with Crippen LogP contribution in [0.2, 0.25) is 0 Å². The van der Waals surface area contributed by atoms with Crippen molar-refractivity contribution in [3.05, 3.63) is 35.4 Å². The summed E-state index contributed by atoms with van der Waals surface area (Å²) in [6.45, 7) is 7.63. The van der Waals surface area contributed by atoms with Gasteiger partial charge in [-0.15, -0.1) is 24.0 Å². The van der Waals surface area contributed by atoms with Crippen LogP contribution in [0.1, 0.15) is 30.9 Å². The first-order valence-corrected chi connectivity index (χ1v) is 8.25. The van der Waals surface area contributed by atoms with Gasteiger partial charge in [-0.3, -0.25) is 4.90 Å². The lowest BCUT2D eigenvalue weighted by Gasteiger charge is -2.14. The monoisotopic (exact) mass is 432 g/mol. The summed E-state index contributed by atoms with van der Waals surface area (Å²) in [5, 5.41) is 15.1. The molecule has 0 aromatic heterocycles. The average molecular weight is 432 g/mol. The van der Waals surface area contributed by atoms with E-state index in [0.29, 0.717) is 13.1 Å². The SMILES string of the molecule is CCNC(=NCc1ccc(CN2CCCC2)cc1)NCCO.I. The van der Waals surface area contributed by atoms with E-state index in [-0.39, 0.29) is 30.6 Å².